The maximum atomic E-state index is 12.9. The van der Waals surface area contributed by atoms with E-state index in [-0.39, 0.29) is 39.5 Å². The van der Waals surface area contributed by atoms with E-state index in [1.54, 1.807) is 30.3 Å². The zero-order chi connectivity index (χ0) is 54.3. The smallest absolute Gasteiger partial charge is 0.206 e. The topological polar surface area (TPSA) is 189 Å². The molecule has 416 valence electrons. The van der Waals surface area contributed by atoms with E-state index in [1.165, 1.54) is 40.5 Å². The molecule has 0 spiro atoms. The number of aliphatic hydroxyl groups excluding tert-OH is 2. The quantitative estimate of drug-likeness (QED) is 0.0173. The lowest BCUT2D eigenvalue weighted by atomic mass is 9.98. The molecule has 4 aliphatic rings. The van der Waals surface area contributed by atoms with Gasteiger partial charge in [0.1, 0.15) is 10.7 Å². The van der Waals surface area contributed by atoms with Gasteiger partial charge in [-0.2, -0.15) is 14.9 Å². The van der Waals surface area contributed by atoms with Crippen LogP contribution in [-0.4, -0.2) is 135 Å². The number of carbonyl (C=O) groups excluding carboxylic acids is 2. The Morgan fingerprint density at radius 1 is 0.740 bits per heavy atom. The van der Waals surface area contributed by atoms with Gasteiger partial charge in [-0.1, -0.05) is 92.4 Å². The number of Topliss-reactive ketones (excluding diaryl/α,β-unsaturated/α-hetero) is 1. The molecule has 0 bridgehead atoms. The maximum Gasteiger partial charge on any atom is 0.206 e. The minimum Gasteiger partial charge on any atom is -0.392 e. The molecular weight excluding hydrogens is 1200 g/mol. The number of aliphatic hydroxyl groups is 2. The Bertz CT molecular complexity index is 2770. The Hall–Kier alpha value is -3.33. The number of hydrogen-bond acceptors (Lipinski definition) is 14. The van der Waals surface area contributed by atoms with E-state index in [2.05, 4.69) is 80.4 Å². The van der Waals surface area contributed by atoms with Crippen LogP contribution in [0, 0.1) is 0 Å². The fourth-order valence-electron chi connectivity index (χ4n) is 9.74. The SMILES string of the molecule is CCSC(N)=NC(=S)Nc1ccc(N2CCC(N3CCCC(O)C3)CC2)cc1.Nc1nc(Nc2ccc(N3CCC(N4CCCC(O)C4)CC3)cc2)sc1C(=O)c1ccc(Cl)c(Cl)c1.O=C(CBr)c1ccc(Cl)c(Cl)c1.P. The van der Waals surface area contributed by atoms with E-state index in [1.807, 2.05) is 31.2 Å². The van der Waals surface area contributed by atoms with E-state index in [4.69, 9.17) is 70.1 Å². The molecule has 0 saturated carbocycles. The number of nitrogens with two attached hydrogens (primary N) is 2. The van der Waals surface area contributed by atoms with Gasteiger partial charge in [-0.25, -0.2) is 4.98 Å². The number of halogens is 5. The van der Waals surface area contributed by atoms with Crippen molar-refractivity contribution in [3.05, 3.63) is 121 Å². The summed E-state index contributed by atoms with van der Waals surface area (Å²) in [6.45, 7) is 10.0. The van der Waals surface area contributed by atoms with E-state index in [0.29, 0.717) is 68.9 Å². The molecule has 4 fully saturated rings. The van der Waals surface area contributed by atoms with Crippen molar-refractivity contribution in [2.24, 2.45) is 10.7 Å². The summed E-state index contributed by atoms with van der Waals surface area (Å²) in [6.07, 6.45) is 8.30. The van der Waals surface area contributed by atoms with Crippen LogP contribution in [0.4, 0.5) is 33.7 Å². The number of aliphatic imine (C=N–C) groups is 1. The largest absolute Gasteiger partial charge is 0.392 e. The number of anilines is 6. The number of β-amino-alcohol motifs (C(OH)–C–C–N with tert-alkyl or cyclic N) is 2. The number of aromatic nitrogens is 1. The van der Waals surface area contributed by atoms with Crippen LogP contribution in [0.3, 0.4) is 0 Å². The van der Waals surface area contributed by atoms with Crippen molar-refractivity contribution in [1.82, 2.24) is 14.8 Å². The number of carbonyl (C=O) groups is 2. The van der Waals surface area contributed by atoms with Gasteiger partial charge in [-0.15, -0.1) is 0 Å². The second-order valence-electron chi connectivity index (χ2n) is 18.9. The van der Waals surface area contributed by atoms with Gasteiger partial charge in [-0.05, 0) is 167 Å². The van der Waals surface area contributed by atoms with Crippen molar-refractivity contribution in [2.45, 2.75) is 82.6 Å². The van der Waals surface area contributed by atoms with Crippen molar-refractivity contribution in [3.63, 3.8) is 0 Å². The van der Waals surface area contributed by atoms with E-state index >= 15 is 0 Å². The number of nitrogens with one attached hydrogen (secondary N) is 2. The molecule has 3 atom stereocenters. The van der Waals surface area contributed by atoms with Gasteiger partial charge in [0.05, 0.1) is 37.6 Å². The Morgan fingerprint density at radius 2 is 1.22 bits per heavy atom. The molecule has 1 aromatic heterocycles. The van der Waals surface area contributed by atoms with Crippen molar-refractivity contribution >= 4 is 163 Å². The molecule has 3 unspecified atom stereocenters. The first kappa shape index (κ1) is 62.9. The first-order chi connectivity index (χ1) is 36.6. The highest BCUT2D eigenvalue weighted by molar-refractivity contribution is 9.09. The van der Waals surface area contributed by atoms with Crippen LogP contribution in [0.25, 0.3) is 0 Å². The lowest BCUT2D eigenvalue weighted by Crippen LogP contribution is -2.49. The summed E-state index contributed by atoms with van der Waals surface area (Å²) in [6, 6.07) is 27.3. The van der Waals surface area contributed by atoms with Gasteiger partial charge in [-0.3, -0.25) is 19.4 Å². The van der Waals surface area contributed by atoms with Crippen LogP contribution < -0.4 is 31.9 Å². The Balaban J connectivity index is 0.000000208. The Labute approximate surface area is 497 Å². The van der Waals surface area contributed by atoms with Crippen LogP contribution in [0.2, 0.25) is 20.1 Å². The lowest BCUT2D eigenvalue weighted by molar-refractivity contribution is 0.0397. The summed E-state index contributed by atoms with van der Waals surface area (Å²) in [7, 11) is 0. The Kier molecular flexibility index (Phi) is 25.3. The molecular formula is C54H68BrCl4N10O4PS3. The third kappa shape index (κ3) is 18.6. The van der Waals surface area contributed by atoms with Crippen LogP contribution in [0.5, 0.6) is 0 Å². The summed E-state index contributed by atoms with van der Waals surface area (Å²) in [5.74, 6) is 0.809. The highest BCUT2D eigenvalue weighted by Crippen LogP contribution is 2.33. The number of thiazole rings is 1. The molecule has 5 heterocycles. The third-order valence-corrected chi connectivity index (χ3v) is 17.5. The molecule has 0 amide bonds. The molecule has 14 nitrogen and oxygen atoms in total. The molecule has 8 N–H and O–H groups in total. The molecule has 77 heavy (non-hydrogen) atoms. The number of likely N-dealkylation sites (tertiary alicyclic amines) is 2. The number of hydrogen-bond donors (Lipinski definition) is 6. The molecule has 23 heteroatoms. The predicted molar refractivity (Wildman–Crippen MR) is 338 cm³/mol. The van der Waals surface area contributed by atoms with Crippen LogP contribution in [-0.2, 0) is 0 Å². The number of rotatable bonds is 12. The van der Waals surface area contributed by atoms with Crippen molar-refractivity contribution in [1.29, 1.82) is 0 Å². The molecule has 0 radical (unpaired) electrons. The first-order valence-electron chi connectivity index (χ1n) is 25.5. The van der Waals surface area contributed by atoms with Gasteiger partial charge in [0.2, 0.25) is 5.78 Å². The summed E-state index contributed by atoms with van der Waals surface area (Å²) in [4.78, 5) is 42.7. The highest BCUT2D eigenvalue weighted by atomic mass is 79.9. The fourth-order valence-corrected chi connectivity index (χ4v) is 12.3. The number of ketones is 2. The van der Waals surface area contributed by atoms with E-state index in [0.717, 1.165) is 121 Å². The molecule has 4 saturated heterocycles. The predicted octanol–water partition coefficient (Wildman–Crippen LogP) is 11.9. The van der Waals surface area contributed by atoms with Gasteiger partial charge >= 0.3 is 0 Å². The first-order valence-corrected chi connectivity index (χ1v) is 30.3. The van der Waals surface area contributed by atoms with Crippen LogP contribution in [0.15, 0.2) is 89.9 Å². The number of thioether (sulfide) groups is 1. The number of alkyl halides is 1. The molecule has 0 aliphatic carbocycles. The number of nitrogen functional groups attached to an aromatic ring is 1. The van der Waals surface area contributed by atoms with Gasteiger partial charge in [0, 0.05) is 85.2 Å². The van der Waals surface area contributed by atoms with Gasteiger partial charge in [0.15, 0.2) is 21.2 Å². The summed E-state index contributed by atoms with van der Waals surface area (Å²) in [5, 5.41) is 29.6. The number of nitrogens with zero attached hydrogens (tertiary/aromatic N) is 6. The summed E-state index contributed by atoms with van der Waals surface area (Å²) < 4.78 is 0. The lowest BCUT2D eigenvalue weighted by Gasteiger charge is -2.42. The zero-order valence-corrected chi connectivity index (χ0v) is 51.5. The van der Waals surface area contributed by atoms with Gasteiger partial charge in [0.25, 0.3) is 0 Å². The summed E-state index contributed by atoms with van der Waals surface area (Å²) in [5.41, 5.74) is 17.0. The molecule has 9 rings (SSSR count). The van der Waals surface area contributed by atoms with Gasteiger partial charge < -0.3 is 42.1 Å². The second kappa shape index (κ2) is 31.0. The average Bonchev–Trinajstić information content (AvgIpc) is 3.80. The van der Waals surface area contributed by atoms with Crippen molar-refractivity contribution in [2.75, 3.05) is 89.6 Å². The summed E-state index contributed by atoms with van der Waals surface area (Å²) >= 11 is 34.4. The third-order valence-electron chi connectivity index (χ3n) is 13.7. The highest BCUT2D eigenvalue weighted by Gasteiger charge is 2.30. The monoisotopic (exact) mass is 1270 g/mol. The fraction of sp³-hybridized carbons (Fsp3) is 0.426. The average molecular weight is 1270 g/mol. The number of benzene rings is 4. The normalized spacial score (nSPS) is 18.7. The number of amidine groups is 1. The minimum atomic E-state index is -0.241. The van der Waals surface area contributed by atoms with E-state index in [9.17, 15) is 19.8 Å². The van der Waals surface area contributed by atoms with Crippen LogP contribution in [0.1, 0.15) is 83.9 Å². The van der Waals surface area contributed by atoms with Crippen LogP contribution >= 0.6 is 108 Å². The standard InChI is InChI=1S/C26H29Cl2N5O2S.C20H31N5OS2.C8H5BrCl2O.H3P/c27-21-8-3-16(14-22(21)28)23(35)24-25(29)31-26(36-24)30-17-4-6-18(7-5-17)32-12-9-19(10-13-32)33-11-1-2-20(34)15-33;1-2-28-19(21)23-20(27)22-15-5-7-16(8-6-15)24-12-9-17(10-13-24)25-11-3-4-18(26)14-25;9-4-8(12)5-1-2-6(10)7(11)3-5;/h3-8,14,19-20,34H,1-2,9-13,15,29H2,(H,30,31);5-8,17-18,26H,2-4,9-14H2,1H3,(H3,21,22,23,27);1-3H,4H2;1H3. The number of thiocarbonyl (C=S) groups is 1. The second-order valence-corrected chi connectivity index (χ2v) is 23.8. The van der Waals surface area contributed by atoms with E-state index < -0.39 is 0 Å². The molecule has 5 aromatic rings. The molecule has 4 aliphatic heterocycles. The maximum absolute atomic E-state index is 12.9. The van der Waals surface area contributed by atoms with Crippen molar-refractivity contribution in [3.8, 4) is 0 Å². The molecule has 4 aromatic carbocycles. The Morgan fingerprint density at radius 3 is 1.69 bits per heavy atom. The number of piperidine rings is 4. The minimum absolute atomic E-state index is 0. The zero-order valence-electron chi connectivity index (χ0n) is 43.0. The van der Waals surface area contributed by atoms with Crippen molar-refractivity contribution < 1.29 is 19.8 Å².